The second-order valence-electron chi connectivity index (χ2n) is 5.76. The Hall–Kier alpha value is -2.73. The van der Waals surface area contributed by atoms with Gasteiger partial charge in [0.05, 0.1) is 10.6 Å². The van der Waals surface area contributed by atoms with Crippen LogP contribution in [0.15, 0.2) is 58.4 Å². The minimum Gasteiger partial charge on any atom is -0.508 e. The molecule has 2 aromatic carbocycles. The molecule has 1 saturated heterocycles. The predicted octanol–water partition coefficient (Wildman–Crippen LogP) is 4.13. The number of thioether (sulfide) groups is 1. The number of amidine groups is 1. The molecule has 0 radical (unpaired) electrons. The van der Waals surface area contributed by atoms with Crippen LogP contribution in [-0.4, -0.2) is 29.3 Å². The Bertz CT molecular complexity index is 838. The third kappa shape index (κ3) is 4.26. The number of phenols is 1. The summed E-state index contributed by atoms with van der Waals surface area (Å²) in [5.74, 6) is 0.0349. The van der Waals surface area contributed by atoms with Crippen LogP contribution < -0.4 is 10.2 Å². The van der Waals surface area contributed by atoms with E-state index in [1.165, 1.54) is 11.8 Å². The number of rotatable bonds is 5. The monoisotopic (exact) mass is 367 g/mol. The average Bonchev–Trinajstić information content (AvgIpc) is 2.98. The highest BCUT2D eigenvalue weighted by Crippen LogP contribution is 2.29. The molecule has 1 heterocycles. The Labute approximate surface area is 157 Å². The molecule has 5 nitrogen and oxygen atoms in total. The fourth-order valence-corrected chi connectivity index (χ4v) is 3.49. The lowest BCUT2D eigenvalue weighted by Crippen LogP contribution is -2.21. The topological polar surface area (TPSA) is 64.9 Å². The first-order valence-corrected chi connectivity index (χ1v) is 9.34. The smallest absolute Gasteiger partial charge is 0.264 e. The van der Waals surface area contributed by atoms with Gasteiger partial charge in [0.15, 0.2) is 5.17 Å². The van der Waals surface area contributed by atoms with Crippen LogP contribution in [0.2, 0.25) is 0 Å². The van der Waals surface area contributed by atoms with Crippen molar-refractivity contribution < 1.29 is 9.90 Å². The number of benzene rings is 2. The van der Waals surface area contributed by atoms with Crippen molar-refractivity contribution in [3.05, 3.63) is 59.0 Å². The molecule has 0 aromatic heterocycles. The fourth-order valence-electron chi connectivity index (χ4n) is 2.65. The minimum atomic E-state index is -0.165. The molecule has 1 aliphatic heterocycles. The zero-order valence-corrected chi connectivity index (χ0v) is 15.6. The Balaban J connectivity index is 1.74. The Morgan fingerprint density at radius 2 is 1.73 bits per heavy atom. The van der Waals surface area contributed by atoms with Gasteiger partial charge >= 0.3 is 0 Å². The number of nitrogens with zero attached hydrogens (tertiary/aromatic N) is 2. The van der Waals surface area contributed by atoms with Gasteiger partial charge in [-0.1, -0.05) is 12.1 Å². The average molecular weight is 367 g/mol. The molecule has 0 atom stereocenters. The summed E-state index contributed by atoms with van der Waals surface area (Å²) in [6.45, 7) is 6.18. The van der Waals surface area contributed by atoms with Gasteiger partial charge in [0.2, 0.25) is 0 Å². The minimum absolute atomic E-state index is 0.165. The third-order valence-corrected chi connectivity index (χ3v) is 4.96. The number of carbonyl (C=O) groups is 1. The molecule has 2 aromatic rings. The van der Waals surface area contributed by atoms with Crippen LogP contribution in [0, 0.1) is 0 Å². The van der Waals surface area contributed by atoms with E-state index in [4.69, 9.17) is 0 Å². The maximum atomic E-state index is 12.1. The van der Waals surface area contributed by atoms with Crippen molar-refractivity contribution in [2.45, 2.75) is 13.8 Å². The van der Waals surface area contributed by atoms with Crippen molar-refractivity contribution in [3.63, 3.8) is 0 Å². The lowest BCUT2D eigenvalue weighted by Gasteiger charge is -2.20. The highest BCUT2D eigenvalue weighted by Gasteiger charge is 2.23. The van der Waals surface area contributed by atoms with Crippen LogP contribution in [0.4, 0.5) is 11.4 Å². The van der Waals surface area contributed by atoms with Gasteiger partial charge in [0.25, 0.3) is 5.91 Å². The Morgan fingerprint density at radius 3 is 2.35 bits per heavy atom. The molecule has 0 spiro atoms. The van der Waals surface area contributed by atoms with Crippen LogP contribution in [0.1, 0.15) is 19.4 Å². The fraction of sp³-hybridized carbons (Fsp3) is 0.200. The van der Waals surface area contributed by atoms with E-state index in [2.05, 4.69) is 29.1 Å². The summed E-state index contributed by atoms with van der Waals surface area (Å²) in [5, 5.41) is 12.7. The zero-order valence-electron chi connectivity index (χ0n) is 14.8. The number of amides is 1. The van der Waals surface area contributed by atoms with Gasteiger partial charge in [-0.25, -0.2) is 4.99 Å². The van der Waals surface area contributed by atoms with Crippen molar-refractivity contribution >= 4 is 40.3 Å². The molecule has 6 heteroatoms. The number of hydrogen-bond acceptors (Lipinski definition) is 5. The van der Waals surface area contributed by atoms with Gasteiger partial charge in [-0.2, -0.15) is 0 Å². The van der Waals surface area contributed by atoms with Gasteiger partial charge in [-0.05, 0) is 73.6 Å². The lowest BCUT2D eigenvalue weighted by molar-refractivity contribution is -0.115. The van der Waals surface area contributed by atoms with Crippen LogP contribution in [0.3, 0.4) is 0 Å². The van der Waals surface area contributed by atoms with Crippen molar-refractivity contribution in [1.29, 1.82) is 0 Å². The summed E-state index contributed by atoms with van der Waals surface area (Å²) < 4.78 is 0. The normalized spacial score (nSPS) is 16.9. The number of aromatic hydroxyl groups is 1. The third-order valence-electron chi connectivity index (χ3n) is 4.05. The second kappa shape index (κ2) is 8.10. The number of hydrogen-bond donors (Lipinski definition) is 2. The van der Waals surface area contributed by atoms with E-state index < -0.39 is 0 Å². The quantitative estimate of drug-likeness (QED) is 0.780. The first kappa shape index (κ1) is 18.1. The lowest BCUT2D eigenvalue weighted by atomic mass is 10.2. The van der Waals surface area contributed by atoms with E-state index in [9.17, 15) is 9.90 Å². The first-order valence-electron chi connectivity index (χ1n) is 8.52. The molecule has 0 saturated carbocycles. The van der Waals surface area contributed by atoms with Crippen molar-refractivity contribution in [3.8, 4) is 5.75 Å². The zero-order chi connectivity index (χ0) is 18.5. The maximum absolute atomic E-state index is 12.1. The molecule has 1 aliphatic rings. The van der Waals surface area contributed by atoms with E-state index in [-0.39, 0.29) is 11.7 Å². The van der Waals surface area contributed by atoms with Gasteiger partial charge in [0, 0.05) is 18.8 Å². The largest absolute Gasteiger partial charge is 0.508 e. The molecule has 1 fully saturated rings. The van der Waals surface area contributed by atoms with Crippen molar-refractivity contribution in [1.82, 2.24) is 5.32 Å². The Morgan fingerprint density at radius 1 is 1.08 bits per heavy atom. The predicted molar refractivity (Wildman–Crippen MR) is 109 cm³/mol. The summed E-state index contributed by atoms with van der Waals surface area (Å²) >= 11 is 1.31. The van der Waals surface area contributed by atoms with Crippen LogP contribution in [0.25, 0.3) is 6.08 Å². The molecular weight excluding hydrogens is 346 g/mol. The van der Waals surface area contributed by atoms with E-state index >= 15 is 0 Å². The Kier molecular flexibility index (Phi) is 5.63. The molecule has 2 N–H and O–H groups in total. The van der Waals surface area contributed by atoms with Crippen LogP contribution in [-0.2, 0) is 4.79 Å². The molecule has 26 heavy (non-hydrogen) atoms. The standard InChI is InChI=1S/C20H21N3O2S/c1-3-23(4-2)16-9-7-15(8-10-16)21-20-22-19(25)18(26-20)13-14-5-11-17(24)12-6-14/h5-13,24H,3-4H2,1-2H3,(H,21,22,25). The molecular formula is C20H21N3O2S. The number of nitrogens with one attached hydrogen (secondary N) is 1. The molecule has 0 unspecified atom stereocenters. The van der Waals surface area contributed by atoms with Gasteiger partial charge in [-0.15, -0.1) is 0 Å². The van der Waals surface area contributed by atoms with Gasteiger partial charge in [-0.3, -0.25) is 4.79 Å². The second-order valence-corrected chi connectivity index (χ2v) is 6.79. The molecule has 1 amide bonds. The SMILES string of the molecule is CCN(CC)c1ccc(N=C2NC(=O)C(=Cc3ccc(O)cc3)S2)cc1. The highest BCUT2D eigenvalue weighted by molar-refractivity contribution is 8.18. The van der Waals surface area contributed by atoms with Gasteiger partial charge < -0.3 is 15.3 Å². The van der Waals surface area contributed by atoms with E-state index in [1.54, 1.807) is 30.3 Å². The molecule has 3 rings (SSSR count). The number of carbonyl (C=O) groups excluding carboxylic acids is 1. The summed E-state index contributed by atoms with van der Waals surface area (Å²) in [6, 6.07) is 14.7. The van der Waals surface area contributed by atoms with E-state index in [0.29, 0.717) is 10.1 Å². The summed E-state index contributed by atoms with van der Waals surface area (Å²) in [4.78, 5) is 19.5. The van der Waals surface area contributed by atoms with Crippen LogP contribution >= 0.6 is 11.8 Å². The number of anilines is 1. The van der Waals surface area contributed by atoms with E-state index in [1.807, 2.05) is 24.3 Å². The van der Waals surface area contributed by atoms with Gasteiger partial charge in [0.1, 0.15) is 5.75 Å². The summed E-state index contributed by atoms with van der Waals surface area (Å²) in [5.41, 5.74) is 2.81. The number of aliphatic imine (C=N–C) groups is 1. The maximum Gasteiger partial charge on any atom is 0.264 e. The highest BCUT2D eigenvalue weighted by atomic mass is 32.2. The molecule has 134 valence electrons. The summed E-state index contributed by atoms with van der Waals surface area (Å²) in [7, 11) is 0. The first-order chi connectivity index (χ1) is 12.6. The van der Waals surface area contributed by atoms with E-state index in [0.717, 1.165) is 30.0 Å². The van der Waals surface area contributed by atoms with Crippen LogP contribution in [0.5, 0.6) is 5.75 Å². The van der Waals surface area contributed by atoms with Crippen molar-refractivity contribution in [2.24, 2.45) is 4.99 Å². The summed E-state index contributed by atoms with van der Waals surface area (Å²) in [6.07, 6.45) is 1.78. The number of phenolic OH excluding ortho intramolecular Hbond substituents is 1. The molecule has 0 aliphatic carbocycles. The molecule has 0 bridgehead atoms. The van der Waals surface area contributed by atoms with Crippen molar-refractivity contribution in [2.75, 3.05) is 18.0 Å².